The van der Waals surface area contributed by atoms with Gasteiger partial charge in [-0.05, 0) is 24.6 Å². The lowest BCUT2D eigenvalue weighted by atomic mass is 10.3. The summed E-state index contributed by atoms with van der Waals surface area (Å²) >= 11 is 11.9. The van der Waals surface area contributed by atoms with Crippen molar-refractivity contribution in [3.63, 3.8) is 0 Å². The Bertz CT molecular complexity index is 620. The lowest BCUT2D eigenvalue weighted by molar-refractivity contribution is -0.135. The van der Waals surface area contributed by atoms with Gasteiger partial charge in [0.25, 0.3) is 5.91 Å². The van der Waals surface area contributed by atoms with Gasteiger partial charge in [0.05, 0.1) is 11.6 Å². The highest BCUT2D eigenvalue weighted by atomic mass is 35.5. The van der Waals surface area contributed by atoms with E-state index < -0.39 is 0 Å². The topological polar surface area (TPSA) is 61.9 Å². The van der Waals surface area contributed by atoms with Crippen LogP contribution in [0.4, 0.5) is 0 Å². The number of nitrogens with zero attached hydrogens (tertiary/aromatic N) is 2. The Hall–Kier alpha value is -1.50. The third-order valence-corrected chi connectivity index (χ3v) is 4.72. The number of amides is 2. The van der Waals surface area contributed by atoms with Crippen molar-refractivity contribution >= 4 is 35.0 Å². The molecule has 0 atom stereocenters. The molecule has 0 aliphatic carbocycles. The first-order valence-corrected chi connectivity index (χ1v) is 9.60. The van der Waals surface area contributed by atoms with Gasteiger partial charge in [-0.1, -0.05) is 36.5 Å². The van der Waals surface area contributed by atoms with Gasteiger partial charge in [-0.25, -0.2) is 0 Å². The average Bonchev–Trinajstić information content (AvgIpc) is 2.61. The van der Waals surface area contributed by atoms with Gasteiger partial charge in [0.1, 0.15) is 5.75 Å². The molecule has 0 spiro atoms. The third kappa shape index (κ3) is 6.67. The van der Waals surface area contributed by atoms with Crippen LogP contribution >= 0.6 is 23.2 Å². The van der Waals surface area contributed by atoms with Gasteiger partial charge in [0, 0.05) is 37.7 Å². The van der Waals surface area contributed by atoms with Crippen LogP contribution in [-0.4, -0.2) is 67.5 Å². The zero-order chi connectivity index (χ0) is 18.9. The molecule has 0 radical (unpaired) electrons. The highest BCUT2D eigenvalue weighted by Gasteiger charge is 2.22. The van der Waals surface area contributed by atoms with E-state index in [1.165, 1.54) is 0 Å². The van der Waals surface area contributed by atoms with Crippen molar-refractivity contribution in [2.45, 2.75) is 19.8 Å². The van der Waals surface area contributed by atoms with Crippen LogP contribution in [0.5, 0.6) is 5.75 Å². The molecule has 1 N–H and O–H groups in total. The van der Waals surface area contributed by atoms with Crippen molar-refractivity contribution in [2.24, 2.45) is 0 Å². The van der Waals surface area contributed by atoms with Gasteiger partial charge in [-0.15, -0.1) is 0 Å². The molecule has 0 unspecified atom stereocenters. The van der Waals surface area contributed by atoms with Crippen LogP contribution in [0.25, 0.3) is 0 Å². The van der Waals surface area contributed by atoms with Crippen molar-refractivity contribution in [1.29, 1.82) is 0 Å². The van der Waals surface area contributed by atoms with Gasteiger partial charge in [0.15, 0.2) is 6.61 Å². The summed E-state index contributed by atoms with van der Waals surface area (Å²) < 4.78 is 5.49. The molecule has 2 rings (SSSR count). The highest BCUT2D eigenvalue weighted by Crippen LogP contribution is 2.27. The Balaban J connectivity index is 1.70. The number of benzene rings is 1. The number of unbranched alkanes of at least 4 members (excludes halogenated alkanes) is 1. The number of nitrogens with one attached hydrogen (secondary N) is 1. The summed E-state index contributed by atoms with van der Waals surface area (Å²) in [4.78, 5) is 27.9. The van der Waals surface area contributed by atoms with E-state index in [1.54, 1.807) is 23.1 Å². The lowest BCUT2D eigenvalue weighted by Crippen LogP contribution is -2.52. The standard InChI is InChI=1S/C18H25Cl2N3O3/c1-2-3-6-21-17(24)12-22-7-9-23(10-8-22)18(25)13-26-16-5-4-14(19)11-15(16)20/h4-5,11H,2-3,6-10,12-13H2,1H3,(H,21,24). The molecular formula is C18H25Cl2N3O3. The minimum atomic E-state index is -0.0944. The summed E-state index contributed by atoms with van der Waals surface area (Å²) in [5.74, 6) is 0.383. The first-order chi connectivity index (χ1) is 12.5. The van der Waals surface area contributed by atoms with Crippen LogP contribution < -0.4 is 10.1 Å². The van der Waals surface area contributed by atoms with Gasteiger partial charge in [-0.2, -0.15) is 0 Å². The van der Waals surface area contributed by atoms with Crippen molar-refractivity contribution in [1.82, 2.24) is 15.1 Å². The van der Waals surface area contributed by atoms with Gasteiger partial charge < -0.3 is 15.0 Å². The minimum absolute atomic E-state index is 0.0407. The Morgan fingerprint density at radius 3 is 2.58 bits per heavy atom. The van der Waals surface area contributed by atoms with Gasteiger partial charge in [0.2, 0.25) is 5.91 Å². The molecule has 8 heteroatoms. The monoisotopic (exact) mass is 401 g/mol. The fourth-order valence-corrected chi connectivity index (χ4v) is 3.11. The van der Waals surface area contributed by atoms with E-state index >= 15 is 0 Å². The zero-order valence-corrected chi connectivity index (χ0v) is 16.5. The molecule has 1 aliphatic heterocycles. The third-order valence-electron chi connectivity index (χ3n) is 4.19. The molecule has 26 heavy (non-hydrogen) atoms. The molecule has 0 bridgehead atoms. The SMILES string of the molecule is CCCCNC(=O)CN1CCN(C(=O)COc2ccc(Cl)cc2Cl)CC1. The molecule has 144 valence electrons. The maximum atomic E-state index is 12.3. The minimum Gasteiger partial charge on any atom is -0.482 e. The van der Waals surface area contributed by atoms with E-state index in [2.05, 4.69) is 17.1 Å². The second-order valence-electron chi connectivity index (χ2n) is 6.22. The second kappa shape index (κ2) is 10.6. The molecule has 1 aromatic carbocycles. The number of hydrogen-bond donors (Lipinski definition) is 1. The molecule has 1 heterocycles. The lowest BCUT2D eigenvalue weighted by Gasteiger charge is -2.34. The van der Waals surface area contributed by atoms with E-state index in [4.69, 9.17) is 27.9 Å². The molecule has 1 fully saturated rings. The van der Waals surface area contributed by atoms with E-state index in [0.29, 0.717) is 48.5 Å². The summed E-state index contributed by atoms with van der Waals surface area (Å²) in [7, 11) is 0. The van der Waals surface area contributed by atoms with E-state index in [9.17, 15) is 9.59 Å². The fraction of sp³-hybridized carbons (Fsp3) is 0.556. The van der Waals surface area contributed by atoms with Gasteiger partial charge >= 0.3 is 0 Å². The molecule has 0 saturated carbocycles. The molecule has 1 saturated heterocycles. The first kappa shape index (κ1) is 20.8. The van der Waals surface area contributed by atoms with E-state index in [1.807, 2.05) is 0 Å². The Morgan fingerprint density at radius 2 is 1.92 bits per heavy atom. The second-order valence-corrected chi connectivity index (χ2v) is 7.07. The smallest absolute Gasteiger partial charge is 0.260 e. The largest absolute Gasteiger partial charge is 0.482 e. The summed E-state index contributed by atoms with van der Waals surface area (Å²) in [6.07, 6.45) is 2.05. The van der Waals surface area contributed by atoms with Crippen LogP contribution in [0.15, 0.2) is 18.2 Å². The summed E-state index contributed by atoms with van der Waals surface area (Å²) in [6.45, 7) is 5.63. The predicted molar refractivity (Wildman–Crippen MR) is 103 cm³/mol. The molecular weight excluding hydrogens is 377 g/mol. The predicted octanol–water partition coefficient (Wildman–Crippen LogP) is 2.43. The molecule has 1 aliphatic rings. The molecule has 2 amide bonds. The van der Waals surface area contributed by atoms with Crippen LogP contribution in [-0.2, 0) is 9.59 Å². The van der Waals surface area contributed by atoms with Crippen LogP contribution in [0.1, 0.15) is 19.8 Å². The highest BCUT2D eigenvalue weighted by molar-refractivity contribution is 6.35. The fourth-order valence-electron chi connectivity index (χ4n) is 2.64. The zero-order valence-electron chi connectivity index (χ0n) is 15.0. The number of piperazine rings is 1. The van der Waals surface area contributed by atoms with Crippen molar-refractivity contribution in [2.75, 3.05) is 45.9 Å². The number of hydrogen-bond acceptors (Lipinski definition) is 4. The molecule has 0 aromatic heterocycles. The van der Waals surface area contributed by atoms with E-state index in [0.717, 1.165) is 19.4 Å². The molecule has 1 aromatic rings. The van der Waals surface area contributed by atoms with Crippen molar-refractivity contribution < 1.29 is 14.3 Å². The number of carbonyl (C=O) groups excluding carboxylic acids is 2. The Morgan fingerprint density at radius 1 is 1.19 bits per heavy atom. The summed E-state index contributed by atoms with van der Waals surface area (Å²) in [6, 6.07) is 4.89. The normalized spacial score (nSPS) is 15.0. The number of halogens is 2. The van der Waals surface area contributed by atoms with E-state index in [-0.39, 0.29) is 18.4 Å². The summed E-state index contributed by atoms with van der Waals surface area (Å²) in [5, 5.41) is 3.81. The number of ether oxygens (including phenoxy) is 1. The average molecular weight is 402 g/mol. The van der Waals surface area contributed by atoms with Crippen molar-refractivity contribution in [3.05, 3.63) is 28.2 Å². The quantitative estimate of drug-likeness (QED) is 0.679. The van der Waals surface area contributed by atoms with Crippen molar-refractivity contribution in [3.8, 4) is 5.75 Å². The first-order valence-electron chi connectivity index (χ1n) is 8.84. The van der Waals surface area contributed by atoms with Crippen LogP contribution in [0, 0.1) is 0 Å². The van der Waals surface area contributed by atoms with Crippen LogP contribution in [0.2, 0.25) is 10.0 Å². The maximum Gasteiger partial charge on any atom is 0.260 e. The van der Waals surface area contributed by atoms with Crippen LogP contribution in [0.3, 0.4) is 0 Å². The maximum absolute atomic E-state index is 12.3. The molecule has 6 nitrogen and oxygen atoms in total. The Labute approximate surface area is 164 Å². The van der Waals surface area contributed by atoms with Gasteiger partial charge in [-0.3, -0.25) is 14.5 Å². The number of carbonyl (C=O) groups is 2. The Kier molecular flexibility index (Phi) is 8.48. The number of rotatable bonds is 8. The summed E-state index contributed by atoms with van der Waals surface area (Å²) in [5.41, 5.74) is 0.